The van der Waals surface area contributed by atoms with E-state index in [1.807, 2.05) is 24.1 Å². The minimum absolute atomic E-state index is 0.133. The van der Waals surface area contributed by atoms with E-state index in [9.17, 15) is 9.59 Å². The van der Waals surface area contributed by atoms with Crippen LogP contribution in [0.1, 0.15) is 75.7 Å². The largest absolute Gasteiger partial charge is 0.370 e. The normalized spacial score (nSPS) is 19.7. The number of pyridine rings is 1. The van der Waals surface area contributed by atoms with Crippen LogP contribution in [-0.4, -0.2) is 54.9 Å². The monoisotopic (exact) mass is 402 g/mol. The van der Waals surface area contributed by atoms with Crippen molar-refractivity contribution in [2.75, 3.05) is 31.6 Å². The number of nitrogens with zero attached hydrogens (tertiary/aromatic N) is 3. The molecule has 1 N–H and O–H groups in total. The molecule has 1 unspecified atom stereocenters. The van der Waals surface area contributed by atoms with Gasteiger partial charge in [0.25, 0.3) is 5.91 Å². The van der Waals surface area contributed by atoms with E-state index in [1.54, 1.807) is 13.1 Å². The minimum Gasteiger partial charge on any atom is -0.370 e. The van der Waals surface area contributed by atoms with Gasteiger partial charge in [0, 0.05) is 32.7 Å². The summed E-state index contributed by atoms with van der Waals surface area (Å²) in [4.78, 5) is 30.5. The molecular formula is C23H38N4O2. The van der Waals surface area contributed by atoms with Crippen molar-refractivity contribution in [2.45, 2.75) is 71.3 Å². The van der Waals surface area contributed by atoms with Gasteiger partial charge in [0.15, 0.2) is 0 Å². The van der Waals surface area contributed by atoms with E-state index < -0.39 is 0 Å². The van der Waals surface area contributed by atoms with E-state index in [0.29, 0.717) is 11.7 Å². The summed E-state index contributed by atoms with van der Waals surface area (Å²) in [6.45, 7) is 7.37. The molecule has 2 aliphatic rings. The van der Waals surface area contributed by atoms with Crippen LogP contribution >= 0.6 is 0 Å². The van der Waals surface area contributed by atoms with Crippen molar-refractivity contribution in [3.63, 3.8) is 0 Å². The molecule has 0 spiro atoms. The number of amides is 2. The lowest BCUT2D eigenvalue weighted by Crippen LogP contribution is -2.35. The molecule has 1 saturated carbocycles. The van der Waals surface area contributed by atoms with Gasteiger partial charge in [-0.2, -0.15) is 0 Å². The Hall–Kier alpha value is -2.11. The molecule has 1 aromatic rings. The predicted molar refractivity (Wildman–Crippen MR) is 118 cm³/mol. The van der Waals surface area contributed by atoms with Crippen LogP contribution in [0.25, 0.3) is 0 Å². The topological polar surface area (TPSA) is 65.5 Å². The van der Waals surface area contributed by atoms with Gasteiger partial charge in [-0.15, -0.1) is 0 Å². The molecule has 6 heteroatoms. The molecule has 0 bridgehead atoms. The third-order valence-corrected chi connectivity index (χ3v) is 6.21. The van der Waals surface area contributed by atoms with E-state index in [0.717, 1.165) is 37.6 Å². The van der Waals surface area contributed by atoms with Crippen LogP contribution in [0.3, 0.4) is 0 Å². The molecule has 2 fully saturated rings. The maximum absolute atomic E-state index is 11.4. The number of hydrogen-bond acceptors (Lipinski definition) is 4. The molecule has 0 aromatic carbocycles. The Bertz CT molecular complexity index is 614. The van der Waals surface area contributed by atoms with Gasteiger partial charge in [-0.1, -0.05) is 32.6 Å². The van der Waals surface area contributed by atoms with Crippen molar-refractivity contribution in [1.82, 2.24) is 15.2 Å². The van der Waals surface area contributed by atoms with Crippen LogP contribution in [-0.2, 0) is 4.79 Å². The highest BCUT2D eigenvalue weighted by Crippen LogP contribution is 2.24. The molecule has 29 heavy (non-hydrogen) atoms. The number of rotatable bonds is 6. The quantitative estimate of drug-likeness (QED) is 0.734. The van der Waals surface area contributed by atoms with Gasteiger partial charge >= 0.3 is 0 Å². The Balaban J connectivity index is 0.000000234. The molecule has 162 valence electrons. The minimum atomic E-state index is -0.133. The van der Waals surface area contributed by atoms with Crippen LogP contribution in [0.4, 0.5) is 5.69 Å². The van der Waals surface area contributed by atoms with Crippen molar-refractivity contribution in [1.29, 1.82) is 0 Å². The number of nitrogens with one attached hydrogen (secondary N) is 1. The van der Waals surface area contributed by atoms with Crippen molar-refractivity contribution in [3.8, 4) is 0 Å². The molecule has 1 atom stereocenters. The van der Waals surface area contributed by atoms with Gasteiger partial charge < -0.3 is 15.1 Å². The summed E-state index contributed by atoms with van der Waals surface area (Å²) in [5.74, 6) is 0.656. The molecule has 1 aromatic heterocycles. The van der Waals surface area contributed by atoms with Crippen molar-refractivity contribution in [3.05, 3.63) is 24.0 Å². The van der Waals surface area contributed by atoms with E-state index in [4.69, 9.17) is 0 Å². The first kappa shape index (κ1) is 23.2. The summed E-state index contributed by atoms with van der Waals surface area (Å²) in [6.07, 6.45) is 13.0. The molecule has 1 saturated heterocycles. The zero-order valence-corrected chi connectivity index (χ0v) is 18.4. The fraction of sp³-hybridized carbons (Fsp3) is 0.696. The summed E-state index contributed by atoms with van der Waals surface area (Å²) >= 11 is 0. The zero-order chi connectivity index (χ0) is 21.1. The van der Waals surface area contributed by atoms with Crippen LogP contribution in [0, 0.1) is 5.92 Å². The molecule has 6 nitrogen and oxygen atoms in total. The lowest BCUT2D eigenvalue weighted by atomic mass is 9.94. The van der Waals surface area contributed by atoms with Crippen molar-refractivity contribution in [2.24, 2.45) is 5.92 Å². The number of carbonyl (C=O) groups is 2. The number of carbonyl (C=O) groups excluding carboxylic acids is 2. The fourth-order valence-corrected chi connectivity index (χ4v) is 4.30. The highest BCUT2D eigenvalue weighted by atomic mass is 16.1. The SMILES string of the molecule is CCC1CCCN(c2ccc(C(=O)NC)nc2)C1.CCN(C=O)C1CCCCC1. The third-order valence-electron chi connectivity index (χ3n) is 6.21. The maximum atomic E-state index is 11.4. The van der Waals surface area contributed by atoms with Crippen molar-refractivity contribution < 1.29 is 9.59 Å². The first-order chi connectivity index (χ1) is 14.1. The summed E-state index contributed by atoms with van der Waals surface area (Å²) in [6, 6.07) is 4.34. The van der Waals surface area contributed by atoms with Gasteiger partial charge in [-0.3, -0.25) is 9.59 Å². The number of aromatic nitrogens is 1. The first-order valence-corrected chi connectivity index (χ1v) is 11.3. The average Bonchev–Trinajstić information content (AvgIpc) is 2.80. The second kappa shape index (κ2) is 12.5. The summed E-state index contributed by atoms with van der Waals surface area (Å²) in [5, 5.41) is 2.58. The van der Waals surface area contributed by atoms with E-state index in [1.165, 1.54) is 51.4 Å². The van der Waals surface area contributed by atoms with E-state index >= 15 is 0 Å². The van der Waals surface area contributed by atoms with Crippen LogP contribution < -0.4 is 10.2 Å². The third kappa shape index (κ3) is 7.02. The zero-order valence-electron chi connectivity index (χ0n) is 18.4. The Morgan fingerprint density at radius 2 is 1.97 bits per heavy atom. The lowest BCUT2D eigenvalue weighted by molar-refractivity contribution is -0.120. The van der Waals surface area contributed by atoms with Crippen LogP contribution in [0.2, 0.25) is 0 Å². The second-order valence-corrected chi connectivity index (χ2v) is 8.07. The van der Waals surface area contributed by atoms with E-state index in [2.05, 4.69) is 22.1 Å². The Morgan fingerprint density at radius 1 is 1.21 bits per heavy atom. The van der Waals surface area contributed by atoms with Crippen molar-refractivity contribution >= 4 is 18.0 Å². The van der Waals surface area contributed by atoms with Gasteiger partial charge in [0.2, 0.25) is 6.41 Å². The Labute approximate surface area is 176 Å². The van der Waals surface area contributed by atoms with Crippen LogP contribution in [0.5, 0.6) is 0 Å². The fourth-order valence-electron chi connectivity index (χ4n) is 4.30. The smallest absolute Gasteiger partial charge is 0.269 e. The van der Waals surface area contributed by atoms with Crippen LogP contribution in [0.15, 0.2) is 18.3 Å². The molecule has 3 rings (SSSR count). The highest BCUT2D eigenvalue weighted by Gasteiger charge is 2.19. The number of hydrogen-bond donors (Lipinski definition) is 1. The van der Waals surface area contributed by atoms with Gasteiger partial charge in [0.1, 0.15) is 5.69 Å². The second-order valence-electron chi connectivity index (χ2n) is 8.07. The molecule has 1 aliphatic carbocycles. The molecular weight excluding hydrogens is 364 g/mol. The predicted octanol–water partition coefficient (Wildman–Crippen LogP) is 3.87. The average molecular weight is 403 g/mol. The summed E-state index contributed by atoms with van der Waals surface area (Å²) in [5.41, 5.74) is 1.60. The number of piperidine rings is 1. The first-order valence-electron chi connectivity index (χ1n) is 11.3. The Morgan fingerprint density at radius 3 is 2.52 bits per heavy atom. The standard InChI is InChI=1S/C14H21N3O.C9H17NO/c1-3-11-5-4-8-17(10-11)12-6-7-13(16-9-12)14(18)15-2;1-2-10(8-11)9-6-4-3-5-7-9/h6-7,9,11H,3-5,8,10H2,1-2H3,(H,15,18);8-9H,2-7H2,1H3. The molecule has 2 heterocycles. The molecule has 1 aliphatic heterocycles. The molecule has 2 amide bonds. The van der Waals surface area contributed by atoms with Gasteiger partial charge in [0.05, 0.1) is 11.9 Å². The maximum Gasteiger partial charge on any atom is 0.269 e. The van der Waals surface area contributed by atoms with E-state index in [-0.39, 0.29) is 5.91 Å². The summed E-state index contributed by atoms with van der Waals surface area (Å²) < 4.78 is 0. The Kier molecular flexibility index (Phi) is 9.95. The summed E-state index contributed by atoms with van der Waals surface area (Å²) in [7, 11) is 1.62. The van der Waals surface area contributed by atoms with Gasteiger partial charge in [-0.25, -0.2) is 4.98 Å². The lowest BCUT2D eigenvalue weighted by Gasteiger charge is -2.33. The number of anilines is 1. The highest BCUT2D eigenvalue weighted by molar-refractivity contribution is 5.92. The molecule has 0 radical (unpaired) electrons. The van der Waals surface area contributed by atoms with Gasteiger partial charge in [-0.05, 0) is 50.7 Å².